The van der Waals surface area contributed by atoms with Gasteiger partial charge in [-0.15, -0.1) is 0 Å². The molecule has 0 radical (unpaired) electrons. The maximum absolute atomic E-state index is 6.12. The van der Waals surface area contributed by atoms with Crippen LogP contribution in [0.2, 0.25) is 10.0 Å². The first-order valence-corrected chi connectivity index (χ1v) is 7.49. The molecule has 1 fully saturated rings. The highest BCUT2D eigenvalue weighted by Crippen LogP contribution is 2.30. The van der Waals surface area contributed by atoms with Gasteiger partial charge in [0.25, 0.3) is 0 Å². The summed E-state index contributed by atoms with van der Waals surface area (Å²) in [6.07, 6.45) is 0. The van der Waals surface area contributed by atoms with Crippen molar-refractivity contribution < 1.29 is 0 Å². The lowest BCUT2D eigenvalue weighted by molar-refractivity contribution is 0.239. The molecule has 1 N–H and O–H groups in total. The van der Waals surface area contributed by atoms with Crippen LogP contribution in [0, 0.1) is 5.41 Å². The Labute approximate surface area is 126 Å². The van der Waals surface area contributed by atoms with E-state index in [1.807, 2.05) is 12.1 Å². The lowest BCUT2D eigenvalue weighted by Gasteiger charge is -2.45. The van der Waals surface area contributed by atoms with Gasteiger partial charge >= 0.3 is 0 Å². The third-order valence-electron chi connectivity index (χ3n) is 3.80. The molecule has 2 nitrogen and oxygen atoms in total. The van der Waals surface area contributed by atoms with Crippen LogP contribution in [-0.4, -0.2) is 25.2 Å². The largest absolute Gasteiger partial charge is 0.366 e. The SMILES string of the molecule is CC1CNC(C(C)(C)C)CN1c1cc(Cl)cc(Cl)c1. The fraction of sp³-hybridized carbons (Fsp3) is 0.600. The predicted octanol–water partition coefficient (Wildman–Crippen LogP) is 4.21. The number of hydrogen-bond acceptors (Lipinski definition) is 2. The van der Waals surface area contributed by atoms with E-state index in [4.69, 9.17) is 23.2 Å². The Hall–Kier alpha value is -0.440. The van der Waals surface area contributed by atoms with Gasteiger partial charge in [-0.05, 0) is 30.5 Å². The molecule has 2 unspecified atom stereocenters. The zero-order valence-electron chi connectivity index (χ0n) is 12.0. The number of piperazine rings is 1. The lowest BCUT2D eigenvalue weighted by atomic mass is 9.84. The van der Waals surface area contributed by atoms with Gasteiger partial charge in [-0.2, -0.15) is 0 Å². The Kier molecular flexibility index (Phi) is 4.34. The maximum Gasteiger partial charge on any atom is 0.0441 e. The summed E-state index contributed by atoms with van der Waals surface area (Å²) in [5.41, 5.74) is 1.35. The second kappa shape index (κ2) is 5.51. The van der Waals surface area contributed by atoms with Crippen LogP contribution in [0.1, 0.15) is 27.7 Å². The minimum absolute atomic E-state index is 0.237. The topological polar surface area (TPSA) is 15.3 Å². The molecule has 0 aromatic heterocycles. The molecular formula is C15H22Cl2N2. The minimum atomic E-state index is 0.237. The number of benzene rings is 1. The predicted molar refractivity (Wildman–Crippen MR) is 84.5 cm³/mol. The summed E-state index contributed by atoms with van der Waals surface area (Å²) in [5, 5.41) is 5.02. The highest BCUT2D eigenvalue weighted by molar-refractivity contribution is 6.35. The molecule has 0 bridgehead atoms. The van der Waals surface area contributed by atoms with Gasteiger partial charge in [-0.25, -0.2) is 0 Å². The van der Waals surface area contributed by atoms with Crippen molar-refractivity contribution in [3.05, 3.63) is 28.2 Å². The molecule has 1 aromatic carbocycles. The summed E-state index contributed by atoms with van der Waals surface area (Å²) in [6, 6.07) is 6.67. The van der Waals surface area contributed by atoms with Crippen molar-refractivity contribution in [3.8, 4) is 0 Å². The molecule has 1 aliphatic heterocycles. The van der Waals surface area contributed by atoms with E-state index in [1.165, 1.54) is 0 Å². The van der Waals surface area contributed by atoms with E-state index in [9.17, 15) is 0 Å². The van der Waals surface area contributed by atoms with E-state index in [0.29, 0.717) is 22.1 Å². The quantitative estimate of drug-likeness (QED) is 0.836. The van der Waals surface area contributed by atoms with Gasteiger partial charge in [0.05, 0.1) is 0 Å². The van der Waals surface area contributed by atoms with Crippen LogP contribution in [0.3, 0.4) is 0 Å². The van der Waals surface area contributed by atoms with Crippen molar-refractivity contribution in [2.75, 3.05) is 18.0 Å². The first kappa shape index (κ1) is 15.0. The summed E-state index contributed by atoms with van der Waals surface area (Å²) >= 11 is 12.2. The van der Waals surface area contributed by atoms with Gasteiger partial charge in [0.15, 0.2) is 0 Å². The van der Waals surface area contributed by atoms with Crippen LogP contribution in [0.4, 0.5) is 5.69 Å². The molecule has 0 aliphatic carbocycles. The van der Waals surface area contributed by atoms with Gasteiger partial charge in [0.1, 0.15) is 0 Å². The lowest BCUT2D eigenvalue weighted by Crippen LogP contribution is -2.59. The number of anilines is 1. The van der Waals surface area contributed by atoms with E-state index < -0.39 is 0 Å². The van der Waals surface area contributed by atoms with Crippen molar-refractivity contribution >= 4 is 28.9 Å². The van der Waals surface area contributed by atoms with Crippen molar-refractivity contribution in [2.45, 2.75) is 39.8 Å². The average molecular weight is 301 g/mol. The fourth-order valence-electron chi connectivity index (χ4n) is 2.51. The molecule has 1 saturated heterocycles. The van der Waals surface area contributed by atoms with Crippen LogP contribution >= 0.6 is 23.2 Å². The average Bonchev–Trinajstić information content (AvgIpc) is 2.26. The second-order valence-electron chi connectivity index (χ2n) is 6.46. The zero-order valence-corrected chi connectivity index (χ0v) is 13.5. The molecule has 4 heteroatoms. The highest BCUT2D eigenvalue weighted by atomic mass is 35.5. The van der Waals surface area contributed by atoms with Gasteiger partial charge in [-0.1, -0.05) is 44.0 Å². The van der Waals surface area contributed by atoms with Crippen LogP contribution in [0.5, 0.6) is 0 Å². The first-order valence-electron chi connectivity index (χ1n) is 6.73. The van der Waals surface area contributed by atoms with E-state index in [2.05, 4.69) is 37.9 Å². The highest BCUT2D eigenvalue weighted by Gasteiger charge is 2.32. The van der Waals surface area contributed by atoms with Crippen molar-refractivity contribution in [2.24, 2.45) is 5.41 Å². The molecular weight excluding hydrogens is 279 g/mol. The van der Waals surface area contributed by atoms with Crippen LogP contribution in [0.25, 0.3) is 0 Å². The Morgan fingerprint density at radius 2 is 1.74 bits per heavy atom. The molecule has 0 amide bonds. The Morgan fingerprint density at radius 1 is 1.16 bits per heavy atom. The second-order valence-corrected chi connectivity index (χ2v) is 7.33. The van der Waals surface area contributed by atoms with Crippen LogP contribution in [-0.2, 0) is 0 Å². The normalized spacial score (nSPS) is 24.6. The molecule has 0 saturated carbocycles. The Bertz CT molecular complexity index is 434. The number of hydrogen-bond donors (Lipinski definition) is 1. The smallest absolute Gasteiger partial charge is 0.0441 e. The third-order valence-corrected chi connectivity index (χ3v) is 4.23. The van der Waals surface area contributed by atoms with Gasteiger partial charge in [0.2, 0.25) is 0 Å². The van der Waals surface area contributed by atoms with E-state index >= 15 is 0 Å². The van der Waals surface area contributed by atoms with Gasteiger partial charge in [-0.3, -0.25) is 0 Å². The zero-order chi connectivity index (χ0) is 14.2. The fourth-order valence-corrected chi connectivity index (χ4v) is 3.02. The standard InChI is InChI=1S/C15H22Cl2N2/c1-10-8-18-14(15(2,3)4)9-19(10)13-6-11(16)5-12(17)7-13/h5-7,10,14,18H,8-9H2,1-4H3. The molecule has 2 atom stereocenters. The molecule has 1 aliphatic rings. The van der Waals surface area contributed by atoms with E-state index in [-0.39, 0.29) is 5.41 Å². The summed E-state index contributed by atoms with van der Waals surface area (Å²) in [6.45, 7) is 11.0. The molecule has 1 aromatic rings. The number of rotatable bonds is 1. The molecule has 0 spiro atoms. The number of nitrogens with zero attached hydrogens (tertiary/aromatic N) is 1. The Balaban J connectivity index is 2.26. The summed E-state index contributed by atoms with van der Waals surface area (Å²) < 4.78 is 0. The molecule has 19 heavy (non-hydrogen) atoms. The minimum Gasteiger partial charge on any atom is -0.366 e. The van der Waals surface area contributed by atoms with E-state index in [0.717, 1.165) is 18.8 Å². The molecule has 1 heterocycles. The molecule has 2 rings (SSSR count). The van der Waals surface area contributed by atoms with Gasteiger partial charge < -0.3 is 10.2 Å². The maximum atomic E-state index is 6.12. The third kappa shape index (κ3) is 3.56. The van der Waals surface area contributed by atoms with Gasteiger partial charge in [0, 0.05) is 40.9 Å². The van der Waals surface area contributed by atoms with E-state index in [1.54, 1.807) is 6.07 Å². The van der Waals surface area contributed by atoms with Crippen molar-refractivity contribution in [3.63, 3.8) is 0 Å². The monoisotopic (exact) mass is 300 g/mol. The Morgan fingerprint density at radius 3 is 2.26 bits per heavy atom. The summed E-state index contributed by atoms with van der Waals surface area (Å²) in [7, 11) is 0. The number of nitrogens with one attached hydrogen (secondary N) is 1. The molecule has 106 valence electrons. The van der Waals surface area contributed by atoms with Crippen molar-refractivity contribution in [1.82, 2.24) is 5.32 Å². The number of halogens is 2. The van der Waals surface area contributed by atoms with Crippen LogP contribution < -0.4 is 10.2 Å². The van der Waals surface area contributed by atoms with Crippen LogP contribution in [0.15, 0.2) is 18.2 Å². The summed E-state index contributed by atoms with van der Waals surface area (Å²) in [4.78, 5) is 2.39. The first-order chi connectivity index (χ1) is 8.77. The van der Waals surface area contributed by atoms with Crippen molar-refractivity contribution in [1.29, 1.82) is 0 Å². The summed E-state index contributed by atoms with van der Waals surface area (Å²) in [5.74, 6) is 0.